The van der Waals surface area contributed by atoms with Gasteiger partial charge in [-0.1, -0.05) is 6.07 Å². The molecule has 1 fully saturated rings. The molecule has 1 aromatic rings. The number of rotatable bonds is 2. The van der Waals surface area contributed by atoms with Crippen LogP contribution in [-0.4, -0.2) is 29.1 Å². The lowest BCUT2D eigenvalue weighted by Crippen LogP contribution is -2.21. The fourth-order valence-electron chi connectivity index (χ4n) is 1.84. The van der Waals surface area contributed by atoms with Crippen molar-refractivity contribution in [2.45, 2.75) is 5.92 Å². The number of carboxylic acids is 1. The molecule has 0 aromatic carbocycles. The van der Waals surface area contributed by atoms with Crippen LogP contribution in [0.25, 0.3) is 0 Å². The molecule has 1 aliphatic heterocycles. The summed E-state index contributed by atoms with van der Waals surface area (Å²) in [5, 5.41) is 12.1. The largest absolute Gasteiger partial charge is 0.481 e. The predicted octanol–water partition coefficient (Wildman–Crippen LogP) is 0.469. The summed E-state index contributed by atoms with van der Waals surface area (Å²) >= 11 is 0. The lowest BCUT2D eigenvalue weighted by Gasteiger charge is -2.13. The molecule has 0 bridgehead atoms. The summed E-state index contributed by atoms with van der Waals surface area (Å²) in [5.41, 5.74) is 0.866. The fourth-order valence-corrected chi connectivity index (χ4v) is 1.84. The van der Waals surface area contributed by atoms with Crippen LogP contribution in [0.2, 0.25) is 0 Å². The Labute approximate surface area is 82.0 Å². The highest BCUT2D eigenvalue weighted by Crippen LogP contribution is 2.26. The molecule has 2 N–H and O–H groups in total. The van der Waals surface area contributed by atoms with E-state index in [1.165, 1.54) is 0 Å². The Kier molecular flexibility index (Phi) is 2.45. The number of nitrogens with one attached hydrogen (secondary N) is 1. The minimum absolute atomic E-state index is 0.00806. The van der Waals surface area contributed by atoms with Gasteiger partial charge in [-0.25, -0.2) is 0 Å². The van der Waals surface area contributed by atoms with Gasteiger partial charge in [-0.3, -0.25) is 9.78 Å². The summed E-state index contributed by atoms with van der Waals surface area (Å²) in [4.78, 5) is 15.1. The molecule has 1 aromatic heterocycles. The second-order valence-corrected chi connectivity index (χ2v) is 3.46. The van der Waals surface area contributed by atoms with Crippen LogP contribution in [0.1, 0.15) is 11.6 Å². The Morgan fingerprint density at radius 1 is 1.50 bits per heavy atom. The van der Waals surface area contributed by atoms with Crippen molar-refractivity contribution in [1.29, 1.82) is 0 Å². The second-order valence-electron chi connectivity index (χ2n) is 3.46. The lowest BCUT2D eigenvalue weighted by molar-refractivity contribution is -0.141. The van der Waals surface area contributed by atoms with Gasteiger partial charge in [-0.2, -0.15) is 0 Å². The van der Waals surface area contributed by atoms with Crippen LogP contribution in [0, 0.1) is 5.92 Å². The highest BCUT2D eigenvalue weighted by molar-refractivity contribution is 5.72. The molecule has 4 heteroatoms. The summed E-state index contributed by atoms with van der Waals surface area (Å²) in [6, 6.07) is 5.61. The number of carboxylic acid groups (broad SMARTS) is 1. The van der Waals surface area contributed by atoms with E-state index in [0.29, 0.717) is 13.1 Å². The van der Waals surface area contributed by atoms with E-state index in [0.717, 1.165) is 5.69 Å². The predicted molar refractivity (Wildman–Crippen MR) is 51.0 cm³/mol. The summed E-state index contributed by atoms with van der Waals surface area (Å²) in [6.45, 7) is 1.24. The number of aromatic nitrogens is 1. The molecule has 2 unspecified atom stereocenters. The Hall–Kier alpha value is -1.42. The number of hydrogen-bond donors (Lipinski definition) is 2. The van der Waals surface area contributed by atoms with E-state index in [-0.39, 0.29) is 11.8 Å². The SMILES string of the molecule is O=C(O)C1CNCC1c1ccccn1. The zero-order chi connectivity index (χ0) is 9.97. The maximum Gasteiger partial charge on any atom is 0.308 e. The van der Waals surface area contributed by atoms with Crippen LogP contribution >= 0.6 is 0 Å². The topological polar surface area (TPSA) is 62.2 Å². The van der Waals surface area contributed by atoms with Gasteiger partial charge in [0.15, 0.2) is 0 Å². The second kappa shape index (κ2) is 3.75. The molecule has 1 aliphatic rings. The molecular weight excluding hydrogens is 180 g/mol. The smallest absolute Gasteiger partial charge is 0.308 e. The maximum absolute atomic E-state index is 10.9. The van der Waals surface area contributed by atoms with E-state index in [1.54, 1.807) is 6.20 Å². The molecule has 74 valence electrons. The molecule has 0 spiro atoms. The molecule has 2 atom stereocenters. The van der Waals surface area contributed by atoms with Gasteiger partial charge < -0.3 is 10.4 Å². The van der Waals surface area contributed by atoms with Gasteiger partial charge in [0.25, 0.3) is 0 Å². The van der Waals surface area contributed by atoms with Gasteiger partial charge in [0.1, 0.15) is 0 Å². The first-order chi connectivity index (χ1) is 6.79. The van der Waals surface area contributed by atoms with E-state index in [4.69, 9.17) is 5.11 Å². The maximum atomic E-state index is 10.9. The quantitative estimate of drug-likeness (QED) is 0.715. The highest BCUT2D eigenvalue weighted by atomic mass is 16.4. The van der Waals surface area contributed by atoms with Gasteiger partial charge in [-0.15, -0.1) is 0 Å². The van der Waals surface area contributed by atoms with E-state index in [2.05, 4.69) is 10.3 Å². The standard InChI is InChI=1S/C10H12N2O2/c13-10(14)8-6-11-5-7(8)9-3-1-2-4-12-9/h1-4,7-8,11H,5-6H2,(H,13,14). The zero-order valence-electron chi connectivity index (χ0n) is 7.68. The average molecular weight is 192 g/mol. The third-order valence-electron chi connectivity index (χ3n) is 2.60. The Morgan fingerprint density at radius 3 is 3.00 bits per heavy atom. The Bertz CT molecular complexity index is 326. The lowest BCUT2D eigenvalue weighted by atomic mass is 9.93. The third kappa shape index (κ3) is 1.61. The monoisotopic (exact) mass is 192 g/mol. The van der Waals surface area contributed by atoms with Gasteiger partial charge in [0, 0.05) is 30.9 Å². The molecule has 14 heavy (non-hydrogen) atoms. The van der Waals surface area contributed by atoms with Crippen LogP contribution < -0.4 is 5.32 Å². The summed E-state index contributed by atoms with van der Waals surface area (Å²) < 4.78 is 0. The van der Waals surface area contributed by atoms with E-state index in [9.17, 15) is 4.79 Å². The number of nitrogens with zero attached hydrogens (tertiary/aromatic N) is 1. The van der Waals surface area contributed by atoms with Crippen molar-refractivity contribution in [3.05, 3.63) is 30.1 Å². The van der Waals surface area contributed by atoms with Crippen molar-refractivity contribution in [1.82, 2.24) is 10.3 Å². The molecule has 0 aliphatic carbocycles. The molecule has 0 saturated carbocycles. The van der Waals surface area contributed by atoms with Crippen LogP contribution in [0.5, 0.6) is 0 Å². The fraction of sp³-hybridized carbons (Fsp3) is 0.400. The Balaban J connectivity index is 2.22. The van der Waals surface area contributed by atoms with Crippen LogP contribution in [0.15, 0.2) is 24.4 Å². The normalized spacial score (nSPS) is 26.3. The minimum atomic E-state index is -0.745. The minimum Gasteiger partial charge on any atom is -0.481 e. The molecule has 2 heterocycles. The molecule has 4 nitrogen and oxygen atoms in total. The van der Waals surface area contributed by atoms with Crippen LogP contribution in [-0.2, 0) is 4.79 Å². The number of hydrogen-bond acceptors (Lipinski definition) is 3. The number of aliphatic carboxylic acids is 1. The molecular formula is C10H12N2O2. The van der Waals surface area contributed by atoms with Gasteiger partial charge in [0.05, 0.1) is 5.92 Å². The van der Waals surface area contributed by atoms with Crippen molar-refractivity contribution in [3.8, 4) is 0 Å². The van der Waals surface area contributed by atoms with Gasteiger partial charge in [-0.05, 0) is 12.1 Å². The van der Waals surface area contributed by atoms with Crippen molar-refractivity contribution in [3.63, 3.8) is 0 Å². The first-order valence-corrected chi connectivity index (χ1v) is 4.63. The zero-order valence-corrected chi connectivity index (χ0v) is 7.68. The van der Waals surface area contributed by atoms with Crippen molar-refractivity contribution in [2.75, 3.05) is 13.1 Å². The summed E-state index contributed by atoms with van der Waals surface area (Å²) in [7, 11) is 0. The van der Waals surface area contributed by atoms with Crippen LogP contribution in [0.4, 0.5) is 0 Å². The number of carbonyl (C=O) groups is 1. The molecule has 1 saturated heterocycles. The van der Waals surface area contributed by atoms with E-state index in [1.807, 2.05) is 18.2 Å². The molecule has 0 amide bonds. The first kappa shape index (κ1) is 9.15. The van der Waals surface area contributed by atoms with Gasteiger partial charge >= 0.3 is 5.97 Å². The van der Waals surface area contributed by atoms with E-state index >= 15 is 0 Å². The summed E-state index contributed by atoms with van der Waals surface area (Å²) in [6.07, 6.45) is 1.70. The average Bonchev–Trinajstić information content (AvgIpc) is 2.67. The Morgan fingerprint density at radius 2 is 2.36 bits per heavy atom. The first-order valence-electron chi connectivity index (χ1n) is 4.63. The van der Waals surface area contributed by atoms with Gasteiger partial charge in [0.2, 0.25) is 0 Å². The van der Waals surface area contributed by atoms with Crippen molar-refractivity contribution < 1.29 is 9.90 Å². The highest BCUT2D eigenvalue weighted by Gasteiger charge is 2.34. The van der Waals surface area contributed by atoms with Crippen LogP contribution in [0.3, 0.4) is 0 Å². The molecule has 0 radical (unpaired) electrons. The summed E-state index contributed by atoms with van der Waals surface area (Å²) in [5.74, 6) is -1.08. The molecule has 2 rings (SSSR count). The third-order valence-corrected chi connectivity index (χ3v) is 2.60. The van der Waals surface area contributed by atoms with Crippen molar-refractivity contribution >= 4 is 5.97 Å². The number of pyridine rings is 1. The van der Waals surface area contributed by atoms with Crippen molar-refractivity contribution in [2.24, 2.45) is 5.92 Å². The van der Waals surface area contributed by atoms with E-state index < -0.39 is 5.97 Å².